The molecule has 2 amide bonds. The molecule has 8 nitrogen and oxygen atoms in total. The van der Waals surface area contributed by atoms with E-state index >= 15 is 0 Å². The predicted octanol–water partition coefficient (Wildman–Crippen LogP) is 3.08. The summed E-state index contributed by atoms with van der Waals surface area (Å²) in [6.45, 7) is 3.18. The van der Waals surface area contributed by atoms with E-state index in [1.807, 2.05) is 0 Å². The number of urea groups is 1. The number of benzene rings is 1. The molecular formula is C20H24FN5O3S. The minimum atomic E-state index is -3.55. The number of amides is 2. The lowest BCUT2D eigenvalue weighted by molar-refractivity contribution is 0.224. The summed E-state index contributed by atoms with van der Waals surface area (Å²) < 4.78 is 38.1. The van der Waals surface area contributed by atoms with Gasteiger partial charge >= 0.3 is 6.03 Å². The Morgan fingerprint density at radius 3 is 3.10 bits per heavy atom. The van der Waals surface area contributed by atoms with Crippen molar-refractivity contribution in [2.45, 2.75) is 62.6 Å². The average Bonchev–Trinajstić information content (AvgIpc) is 3.37. The summed E-state index contributed by atoms with van der Waals surface area (Å²) in [5.74, 6) is 0.540. The van der Waals surface area contributed by atoms with E-state index in [0.29, 0.717) is 31.1 Å². The molecule has 1 aromatic carbocycles. The minimum absolute atomic E-state index is 0.109. The van der Waals surface area contributed by atoms with Crippen molar-refractivity contribution in [2.75, 3.05) is 11.9 Å². The normalized spacial score (nSPS) is 23.7. The van der Waals surface area contributed by atoms with Crippen LogP contribution in [-0.2, 0) is 35.7 Å². The SMILES string of the molecule is C[C@@H]1CCc2cc3c(c(NC(=O)N=[S@@](N)(=O)c4cnn5c4OCCC5)c21)C[C@@H](F)C3. The van der Waals surface area contributed by atoms with Gasteiger partial charge in [-0.05, 0) is 41.0 Å². The monoisotopic (exact) mass is 433 g/mol. The maximum absolute atomic E-state index is 14.1. The summed E-state index contributed by atoms with van der Waals surface area (Å²) in [5.41, 5.74) is 4.52. The Morgan fingerprint density at radius 1 is 1.43 bits per heavy atom. The highest BCUT2D eigenvalue weighted by atomic mass is 32.2. The fourth-order valence-corrected chi connectivity index (χ4v) is 5.79. The molecule has 3 N–H and O–H groups in total. The van der Waals surface area contributed by atoms with Gasteiger partial charge in [-0.15, -0.1) is 4.36 Å². The lowest BCUT2D eigenvalue weighted by Crippen LogP contribution is -2.21. The van der Waals surface area contributed by atoms with Gasteiger partial charge in [0.15, 0.2) is 9.92 Å². The van der Waals surface area contributed by atoms with Crippen LogP contribution in [0.4, 0.5) is 14.9 Å². The number of aryl methyl sites for hydroxylation is 2. The number of halogens is 1. The zero-order chi connectivity index (χ0) is 21.0. The first-order valence-corrected chi connectivity index (χ1v) is 11.8. The van der Waals surface area contributed by atoms with Crippen molar-refractivity contribution in [3.8, 4) is 5.88 Å². The number of carbonyl (C=O) groups is 1. The summed E-state index contributed by atoms with van der Waals surface area (Å²) in [4.78, 5) is 12.9. The van der Waals surface area contributed by atoms with Crippen molar-refractivity contribution in [2.24, 2.45) is 9.50 Å². The third kappa shape index (κ3) is 3.18. The van der Waals surface area contributed by atoms with Crippen LogP contribution in [0.15, 0.2) is 21.5 Å². The molecule has 3 aliphatic rings. The van der Waals surface area contributed by atoms with Crippen molar-refractivity contribution in [1.29, 1.82) is 0 Å². The minimum Gasteiger partial charge on any atom is -0.477 e. The molecule has 1 aromatic heterocycles. The second-order valence-corrected chi connectivity index (χ2v) is 10.00. The Labute approximate surface area is 174 Å². The van der Waals surface area contributed by atoms with Gasteiger partial charge in [-0.2, -0.15) is 5.10 Å². The number of ether oxygens (including phenoxy) is 1. The van der Waals surface area contributed by atoms with E-state index in [1.165, 1.54) is 6.20 Å². The van der Waals surface area contributed by atoms with Crippen LogP contribution < -0.4 is 15.2 Å². The standard InChI is InChI=1S/C20H24FN5O3S/c1-11-3-4-12-7-13-8-14(21)9-15(13)18(17(11)12)24-20(27)25-30(22,28)16-10-23-26-5-2-6-29-19(16)26/h7,10-11,14H,2-6,8-9H2,1H3,(H3,22,24,25,27,28)/t11-,14+,30-/m1/s1. The zero-order valence-electron chi connectivity index (χ0n) is 16.7. The van der Waals surface area contributed by atoms with Crippen LogP contribution in [0.3, 0.4) is 0 Å². The van der Waals surface area contributed by atoms with Crippen molar-refractivity contribution in [1.82, 2.24) is 9.78 Å². The van der Waals surface area contributed by atoms with E-state index in [-0.39, 0.29) is 17.2 Å². The van der Waals surface area contributed by atoms with E-state index in [0.717, 1.165) is 41.5 Å². The number of alkyl halides is 1. The number of fused-ring (bicyclic) bond motifs is 3. The third-order valence-corrected chi connectivity index (χ3v) is 7.49. The highest BCUT2D eigenvalue weighted by molar-refractivity contribution is 7.91. The summed E-state index contributed by atoms with van der Waals surface area (Å²) in [6, 6.07) is 1.26. The van der Waals surface area contributed by atoms with Gasteiger partial charge in [0.1, 0.15) is 11.1 Å². The number of nitrogens with zero attached hydrogens (tertiary/aromatic N) is 3. The van der Waals surface area contributed by atoms with Gasteiger partial charge in [-0.25, -0.2) is 23.2 Å². The molecule has 0 fully saturated rings. The largest absolute Gasteiger partial charge is 0.477 e. The third-order valence-electron chi connectivity index (χ3n) is 6.14. The van der Waals surface area contributed by atoms with E-state index in [2.05, 4.69) is 27.8 Å². The van der Waals surface area contributed by atoms with Crippen LogP contribution in [0, 0.1) is 0 Å². The Hall–Kier alpha value is -2.46. The fraction of sp³-hybridized carbons (Fsp3) is 0.500. The molecule has 0 saturated carbocycles. The smallest absolute Gasteiger partial charge is 0.354 e. The average molecular weight is 434 g/mol. The Kier molecular flexibility index (Phi) is 4.59. The van der Waals surface area contributed by atoms with Crippen LogP contribution in [-0.4, -0.2) is 32.8 Å². The maximum Gasteiger partial charge on any atom is 0.354 e. The Balaban J connectivity index is 1.51. The molecule has 1 aliphatic heterocycles. The molecule has 2 heterocycles. The number of hydrogen-bond acceptors (Lipinski definition) is 4. The molecule has 0 radical (unpaired) electrons. The molecule has 0 unspecified atom stereocenters. The summed E-state index contributed by atoms with van der Waals surface area (Å²) >= 11 is 0. The molecule has 10 heteroatoms. The Bertz CT molecular complexity index is 1170. The number of aromatic nitrogens is 2. The topological polar surface area (TPSA) is 112 Å². The molecule has 160 valence electrons. The molecule has 2 aromatic rings. The second kappa shape index (κ2) is 7.05. The molecule has 30 heavy (non-hydrogen) atoms. The Morgan fingerprint density at radius 2 is 2.27 bits per heavy atom. The second-order valence-electron chi connectivity index (χ2n) is 8.24. The zero-order valence-corrected chi connectivity index (χ0v) is 17.5. The van der Waals surface area contributed by atoms with Gasteiger partial charge in [-0.1, -0.05) is 13.0 Å². The van der Waals surface area contributed by atoms with Gasteiger partial charge in [0.2, 0.25) is 5.88 Å². The number of nitrogens with two attached hydrogens (primary N) is 1. The molecule has 0 bridgehead atoms. The van der Waals surface area contributed by atoms with Gasteiger partial charge in [0.05, 0.1) is 12.8 Å². The molecule has 3 atom stereocenters. The van der Waals surface area contributed by atoms with Crippen LogP contribution in [0.5, 0.6) is 5.88 Å². The van der Waals surface area contributed by atoms with Gasteiger partial charge in [0, 0.05) is 31.5 Å². The van der Waals surface area contributed by atoms with Crippen molar-refractivity contribution in [3.05, 3.63) is 34.5 Å². The highest BCUT2D eigenvalue weighted by Crippen LogP contribution is 2.44. The molecular weight excluding hydrogens is 409 g/mol. The number of nitrogens with one attached hydrogen (secondary N) is 1. The van der Waals surface area contributed by atoms with Crippen molar-refractivity contribution in [3.63, 3.8) is 0 Å². The highest BCUT2D eigenvalue weighted by Gasteiger charge is 2.32. The van der Waals surface area contributed by atoms with E-state index < -0.39 is 22.1 Å². The molecule has 2 aliphatic carbocycles. The van der Waals surface area contributed by atoms with Crippen molar-refractivity contribution >= 4 is 21.6 Å². The molecule has 5 rings (SSSR count). The van der Waals surface area contributed by atoms with Crippen LogP contribution in [0.1, 0.15) is 47.9 Å². The first-order valence-electron chi connectivity index (χ1n) is 10.2. The van der Waals surface area contributed by atoms with E-state index in [9.17, 15) is 13.4 Å². The first kappa shape index (κ1) is 19.5. The molecule has 0 saturated heterocycles. The summed E-state index contributed by atoms with van der Waals surface area (Å²) in [5, 5.41) is 12.9. The first-order chi connectivity index (χ1) is 14.3. The lowest BCUT2D eigenvalue weighted by atomic mass is 9.95. The summed E-state index contributed by atoms with van der Waals surface area (Å²) in [6.07, 6.45) is 3.65. The van der Waals surface area contributed by atoms with E-state index in [1.54, 1.807) is 4.68 Å². The van der Waals surface area contributed by atoms with Gasteiger partial charge in [-0.3, -0.25) is 0 Å². The quantitative estimate of drug-likeness (QED) is 0.758. The van der Waals surface area contributed by atoms with Gasteiger partial charge < -0.3 is 10.1 Å². The lowest BCUT2D eigenvalue weighted by Gasteiger charge is -2.18. The van der Waals surface area contributed by atoms with Crippen LogP contribution in [0.25, 0.3) is 0 Å². The number of anilines is 1. The van der Waals surface area contributed by atoms with Crippen molar-refractivity contribution < 1.29 is 18.1 Å². The predicted molar refractivity (Wildman–Crippen MR) is 110 cm³/mol. The number of rotatable bonds is 2. The summed E-state index contributed by atoms with van der Waals surface area (Å²) in [7, 11) is -3.55. The van der Waals surface area contributed by atoms with Crippen LogP contribution in [0.2, 0.25) is 0 Å². The molecule has 0 spiro atoms. The van der Waals surface area contributed by atoms with E-state index in [4.69, 9.17) is 9.88 Å². The van der Waals surface area contributed by atoms with Gasteiger partial charge in [0.25, 0.3) is 0 Å². The fourth-order valence-electron chi connectivity index (χ4n) is 4.78. The van der Waals surface area contributed by atoms with Crippen LogP contribution >= 0.6 is 0 Å². The number of hydrogen-bond donors (Lipinski definition) is 2. The maximum atomic E-state index is 14.1. The number of carbonyl (C=O) groups excluding carboxylic acids is 1.